The average Bonchev–Trinajstić information content (AvgIpc) is 3.08. The summed E-state index contributed by atoms with van der Waals surface area (Å²) in [5.41, 5.74) is 1.09. The fourth-order valence-electron chi connectivity index (χ4n) is 2.43. The number of hydrogen-bond donors (Lipinski definition) is 0. The van der Waals surface area contributed by atoms with Gasteiger partial charge in [-0.2, -0.15) is 0 Å². The van der Waals surface area contributed by atoms with Gasteiger partial charge in [-0.05, 0) is 23.8 Å². The second-order valence-electron chi connectivity index (χ2n) is 5.55. The Morgan fingerprint density at radius 3 is 2.77 bits per heavy atom. The van der Waals surface area contributed by atoms with Gasteiger partial charge in [0.05, 0.1) is 18.4 Å². The lowest BCUT2D eigenvalue weighted by atomic mass is 10.1. The van der Waals surface area contributed by atoms with E-state index in [-0.39, 0.29) is 11.5 Å². The van der Waals surface area contributed by atoms with Crippen LogP contribution in [0.1, 0.15) is 18.2 Å². The number of alkyl halides is 3. The van der Waals surface area contributed by atoms with Crippen LogP contribution < -0.4 is 4.74 Å². The summed E-state index contributed by atoms with van der Waals surface area (Å²) in [6.07, 6.45) is -1.65. The number of hydrogen-bond acceptors (Lipinski definition) is 5. The van der Waals surface area contributed by atoms with Crippen LogP contribution in [0.4, 0.5) is 13.2 Å². The highest BCUT2D eigenvalue weighted by atomic mass is 19.3. The molecule has 0 aliphatic carbocycles. The Bertz CT molecular complexity index is 870. The SMILES string of the molecule is COCCCOc1cnccc1-c1nc2cc(C(F)C(F)F)ccc2o1. The Morgan fingerprint density at radius 2 is 2.00 bits per heavy atom. The summed E-state index contributed by atoms with van der Waals surface area (Å²) in [7, 11) is 1.61. The lowest BCUT2D eigenvalue weighted by Crippen LogP contribution is -2.02. The molecule has 0 saturated heterocycles. The van der Waals surface area contributed by atoms with Crippen molar-refractivity contribution in [2.75, 3.05) is 20.3 Å². The van der Waals surface area contributed by atoms with E-state index in [4.69, 9.17) is 13.9 Å². The molecule has 0 aliphatic heterocycles. The predicted molar refractivity (Wildman–Crippen MR) is 89.1 cm³/mol. The van der Waals surface area contributed by atoms with E-state index in [9.17, 15) is 13.2 Å². The van der Waals surface area contributed by atoms with E-state index in [1.807, 2.05) is 0 Å². The van der Waals surface area contributed by atoms with E-state index in [1.54, 1.807) is 19.4 Å². The minimum Gasteiger partial charge on any atom is -0.491 e. The number of rotatable bonds is 8. The van der Waals surface area contributed by atoms with Crippen molar-refractivity contribution in [1.29, 1.82) is 0 Å². The van der Waals surface area contributed by atoms with E-state index in [0.717, 1.165) is 0 Å². The molecular weight excluding hydrogens is 349 g/mol. The summed E-state index contributed by atoms with van der Waals surface area (Å²) in [4.78, 5) is 8.30. The molecule has 3 aromatic rings. The van der Waals surface area contributed by atoms with Gasteiger partial charge in [0.1, 0.15) is 11.3 Å². The molecule has 0 aliphatic rings. The first-order valence-corrected chi connectivity index (χ1v) is 7.99. The predicted octanol–water partition coefficient (Wildman–Crippen LogP) is 4.58. The highest BCUT2D eigenvalue weighted by molar-refractivity contribution is 5.78. The molecule has 1 unspecified atom stereocenters. The second kappa shape index (κ2) is 8.18. The van der Waals surface area contributed by atoms with Crippen LogP contribution in [0.15, 0.2) is 41.1 Å². The molecule has 1 atom stereocenters. The second-order valence-corrected chi connectivity index (χ2v) is 5.55. The largest absolute Gasteiger partial charge is 0.491 e. The van der Waals surface area contributed by atoms with E-state index >= 15 is 0 Å². The summed E-state index contributed by atoms with van der Waals surface area (Å²) < 4.78 is 55.0. The monoisotopic (exact) mass is 366 g/mol. The zero-order chi connectivity index (χ0) is 18.5. The first kappa shape index (κ1) is 18.2. The van der Waals surface area contributed by atoms with E-state index in [0.29, 0.717) is 42.0 Å². The maximum atomic E-state index is 13.5. The lowest BCUT2D eigenvalue weighted by Gasteiger charge is -2.08. The van der Waals surface area contributed by atoms with Crippen molar-refractivity contribution in [2.45, 2.75) is 19.0 Å². The average molecular weight is 366 g/mol. The minimum atomic E-state index is -3.09. The van der Waals surface area contributed by atoms with Crippen LogP contribution in [0.2, 0.25) is 0 Å². The molecule has 2 aromatic heterocycles. The molecule has 0 radical (unpaired) electrons. The van der Waals surface area contributed by atoms with Gasteiger partial charge in [-0.15, -0.1) is 0 Å². The van der Waals surface area contributed by atoms with Crippen LogP contribution >= 0.6 is 0 Å². The third-order valence-corrected chi connectivity index (χ3v) is 3.72. The van der Waals surface area contributed by atoms with Gasteiger partial charge in [0, 0.05) is 26.3 Å². The maximum absolute atomic E-state index is 13.5. The topological polar surface area (TPSA) is 57.4 Å². The van der Waals surface area contributed by atoms with Gasteiger partial charge in [0.2, 0.25) is 5.89 Å². The molecule has 3 rings (SSSR count). The Balaban J connectivity index is 1.88. The van der Waals surface area contributed by atoms with E-state index < -0.39 is 12.6 Å². The molecule has 8 heteroatoms. The first-order valence-electron chi connectivity index (χ1n) is 7.99. The zero-order valence-electron chi connectivity index (χ0n) is 14.0. The zero-order valence-corrected chi connectivity index (χ0v) is 14.0. The molecule has 2 heterocycles. The number of benzene rings is 1. The third-order valence-electron chi connectivity index (χ3n) is 3.72. The Hall–Kier alpha value is -2.61. The minimum absolute atomic E-state index is 0.141. The lowest BCUT2D eigenvalue weighted by molar-refractivity contribution is 0.0496. The number of oxazole rings is 1. The highest BCUT2D eigenvalue weighted by Gasteiger charge is 2.22. The van der Waals surface area contributed by atoms with Crippen LogP contribution in [0.5, 0.6) is 5.75 Å². The summed E-state index contributed by atoms with van der Waals surface area (Å²) >= 11 is 0. The summed E-state index contributed by atoms with van der Waals surface area (Å²) in [6, 6.07) is 5.63. The molecule has 0 bridgehead atoms. The molecule has 0 amide bonds. The van der Waals surface area contributed by atoms with E-state index in [2.05, 4.69) is 9.97 Å². The van der Waals surface area contributed by atoms with Crippen molar-refractivity contribution in [3.05, 3.63) is 42.2 Å². The smallest absolute Gasteiger partial charge is 0.273 e. The number of methoxy groups -OCH3 is 1. The molecule has 1 aromatic carbocycles. The first-order chi connectivity index (χ1) is 12.6. The van der Waals surface area contributed by atoms with Crippen LogP contribution in [-0.2, 0) is 4.74 Å². The van der Waals surface area contributed by atoms with Gasteiger partial charge in [0.25, 0.3) is 6.43 Å². The standard InChI is InChI=1S/C18H17F3N2O3/c1-24-7-2-8-25-15-10-22-6-5-12(15)18-23-13-9-11(16(19)17(20)21)3-4-14(13)26-18/h3-6,9-10,16-17H,2,7-8H2,1H3. The summed E-state index contributed by atoms with van der Waals surface area (Å²) in [6.45, 7) is 0.991. The van der Waals surface area contributed by atoms with Gasteiger partial charge in [-0.3, -0.25) is 4.98 Å². The third kappa shape index (κ3) is 3.96. The van der Waals surface area contributed by atoms with Crippen molar-refractivity contribution in [3.63, 3.8) is 0 Å². The van der Waals surface area contributed by atoms with Crippen molar-refractivity contribution in [2.24, 2.45) is 0 Å². The number of pyridine rings is 1. The summed E-state index contributed by atoms with van der Waals surface area (Å²) in [5.74, 6) is 0.722. The molecule has 0 fully saturated rings. The van der Waals surface area contributed by atoms with Crippen LogP contribution in [0, 0.1) is 0 Å². The Morgan fingerprint density at radius 1 is 1.15 bits per heavy atom. The van der Waals surface area contributed by atoms with Gasteiger partial charge >= 0.3 is 0 Å². The number of aromatic nitrogens is 2. The number of fused-ring (bicyclic) bond motifs is 1. The number of nitrogens with zero attached hydrogens (tertiary/aromatic N) is 2. The van der Waals surface area contributed by atoms with Gasteiger partial charge in [0.15, 0.2) is 11.8 Å². The quantitative estimate of drug-likeness (QED) is 0.546. The van der Waals surface area contributed by atoms with E-state index in [1.165, 1.54) is 24.4 Å². The maximum Gasteiger partial charge on any atom is 0.273 e. The molecule has 0 spiro atoms. The molecule has 26 heavy (non-hydrogen) atoms. The molecule has 0 N–H and O–H groups in total. The van der Waals surface area contributed by atoms with Crippen LogP contribution in [0.3, 0.4) is 0 Å². The number of ether oxygens (including phenoxy) is 2. The molecular formula is C18H17F3N2O3. The van der Waals surface area contributed by atoms with Gasteiger partial charge in [-0.25, -0.2) is 18.2 Å². The van der Waals surface area contributed by atoms with Gasteiger partial charge in [-0.1, -0.05) is 6.07 Å². The normalized spacial score (nSPS) is 12.7. The fourth-order valence-corrected chi connectivity index (χ4v) is 2.43. The number of halogens is 3. The van der Waals surface area contributed by atoms with Crippen molar-refractivity contribution in [3.8, 4) is 17.2 Å². The molecule has 138 valence electrons. The highest BCUT2D eigenvalue weighted by Crippen LogP contribution is 2.33. The van der Waals surface area contributed by atoms with Crippen molar-refractivity contribution >= 4 is 11.1 Å². The van der Waals surface area contributed by atoms with Gasteiger partial charge < -0.3 is 13.9 Å². The van der Waals surface area contributed by atoms with Crippen LogP contribution in [-0.4, -0.2) is 36.7 Å². The molecule has 5 nitrogen and oxygen atoms in total. The molecule has 0 saturated carbocycles. The Kier molecular flexibility index (Phi) is 5.72. The summed E-state index contributed by atoms with van der Waals surface area (Å²) in [5, 5.41) is 0. The Labute approximate surface area is 147 Å². The van der Waals surface area contributed by atoms with Crippen molar-refractivity contribution in [1.82, 2.24) is 9.97 Å². The fraction of sp³-hybridized carbons (Fsp3) is 0.333. The van der Waals surface area contributed by atoms with Crippen LogP contribution in [0.25, 0.3) is 22.6 Å². The van der Waals surface area contributed by atoms with Crippen molar-refractivity contribution < 1.29 is 27.1 Å².